The van der Waals surface area contributed by atoms with Gasteiger partial charge in [-0.1, -0.05) is 79.6 Å². The number of benzene rings is 3. The Balaban J connectivity index is 1.55. The van der Waals surface area contributed by atoms with E-state index >= 15 is 0 Å². The molecule has 0 aromatic heterocycles. The highest BCUT2D eigenvalue weighted by molar-refractivity contribution is 5.43. The van der Waals surface area contributed by atoms with Crippen molar-refractivity contribution >= 4 is 0 Å². The van der Waals surface area contributed by atoms with Crippen LogP contribution in [0.4, 0.5) is 0 Å². The Kier molecular flexibility index (Phi) is 10.6. The average Bonchev–Trinajstić information content (AvgIpc) is 2.85. The molecule has 32 heavy (non-hydrogen) atoms. The molecule has 0 aliphatic heterocycles. The highest BCUT2D eigenvalue weighted by atomic mass is 16.5. The number of ether oxygens (including phenoxy) is 2. The molecule has 0 radical (unpaired) electrons. The second kappa shape index (κ2) is 14.3. The lowest BCUT2D eigenvalue weighted by Gasteiger charge is -2.15. The molecule has 0 heterocycles. The van der Waals surface area contributed by atoms with Gasteiger partial charge in [0.15, 0.2) is 11.5 Å². The molecule has 4 heteroatoms. The minimum absolute atomic E-state index is 0.208. The molecular weight excluding hydrogens is 398 g/mol. The van der Waals surface area contributed by atoms with Crippen molar-refractivity contribution in [1.82, 2.24) is 5.32 Å². The second-order valence-electron chi connectivity index (χ2n) is 7.97. The molecule has 0 saturated carbocycles. The smallest absolute Gasteiger partial charge is 0.161 e. The Bertz CT molecular complexity index is 884. The van der Waals surface area contributed by atoms with E-state index in [0.29, 0.717) is 19.8 Å². The molecular formula is C28H35NO3. The Morgan fingerprint density at radius 1 is 0.594 bits per heavy atom. The van der Waals surface area contributed by atoms with Crippen LogP contribution in [0.3, 0.4) is 0 Å². The maximum Gasteiger partial charge on any atom is 0.161 e. The van der Waals surface area contributed by atoms with E-state index in [1.54, 1.807) is 0 Å². The van der Waals surface area contributed by atoms with Crippen LogP contribution in [0, 0.1) is 0 Å². The van der Waals surface area contributed by atoms with Gasteiger partial charge in [-0.2, -0.15) is 0 Å². The van der Waals surface area contributed by atoms with Gasteiger partial charge < -0.3 is 19.9 Å². The van der Waals surface area contributed by atoms with Crippen molar-refractivity contribution in [2.45, 2.75) is 45.3 Å². The molecule has 0 aliphatic carbocycles. The van der Waals surface area contributed by atoms with Gasteiger partial charge in [0.25, 0.3) is 0 Å². The van der Waals surface area contributed by atoms with Crippen molar-refractivity contribution in [3.05, 3.63) is 95.6 Å². The molecule has 3 rings (SSSR count). The normalized spacial score (nSPS) is 10.8. The number of nitrogens with one attached hydrogen (secondary N) is 1. The van der Waals surface area contributed by atoms with Crippen LogP contribution in [0.15, 0.2) is 78.9 Å². The summed E-state index contributed by atoms with van der Waals surface area (Å²) in [6, 6.07) is 26.7. The van der Waals surface area contributed by atoms with Crippen molar-refractivity contribution < 1.29 is 14.6 Å². The van der Waals surface area contributed by atoms with E-state index in [-0.39, 0.29) is 6.61 Å². The Hall–Kier alpha value is -2.82. The van der Waals surface area contributed by atoms with Gasteiger partial charge in [0, 0.05) is 6.54 Å². The van der Waals surface area contributed by atoms with E-state index in [9.17, 15) is 0 Å². The summed E-state index contributed by atoms with van der Waals surface area (Å²) in [6.45, 7) is 2.91. The first kappa shape index (κ1) is 23.8. The third-order valence-electron chi connectivity index (χ3n) is 5.34. The van der Waals surface area contributed by atoms with Crippen LogP contribution < -0.4 is 14.8 Å². The van der Waals surface area contributed by atoms with Gasteiger partial charge in [0.05, 0.1) is 6.61 Å². The summed E-state index contributed by atoms with van der Waals surface area (Å²) < 4.78 is 12.3. The minimum Gasteiger partial charge on any atom is -0.485 e. The second-order valence-corrected chi connectivity index (χ2v) is 7.97. The van der Waals surface area contributed by atoms with Crippen LogP contribution in [-0.4, -0.2) is 24.8 Å². The van der Waals surface area contributed by atoms with Crippen LogP contribution in [0.25, 0.3) is 0 Å². The molecule has 0 unspecified atom stereocenters. The zero-order valence-corrected chi connectivity index (χ0v) is 18.8. The fourth-order valence-electron chi connectivity index (χ4n) is 3.55. The van der Waals surface area contributed by atoms with E-state index in [1.165, 1.54) is 18.4 Å². The molecule has 0 aliphatic rings. The van der Waals surface area contributed by atoms with Crippen LogP contribution >= 0.6 is 0 Å². The maximum atomic E-state index is 8.79. The van der Waals surface area contributed by atoms with Crippen LogP contribution in [0.5, 0.6) is 11.5 Å². The van der Waals surface area contributed by atoms with Gasteiger partial charge in [0.2, 0.25) is 0 Å². The zero-order valence-electron chi connectivity index (χ0n) is 18.8. The predicted octanol–water partition coefficient (Wildman–Crippen LogP) is 5.53. The van der Waals surface area contributed by atoms with Gasteiger partial charge in [-0.15, -0.1) is 0 Å². The fourth-order valence-corrected chi connectivity index (χ4v) is 3.55. The SMILES string of the molecule is OCCNCCCCCCc1ccc(OCc2ccccc2)c(OCc2ccccc2)c1. The van der Waals surface area contributed by atoms with E-state index in [4.69, 9.17) is 14.6 Å². The molecule has 0 saturated heterocycles. The molecule has 170 valence electrons. The number of hydrogen-bond donors (Lipinski definition) is 2. The summed E-state index contributed by atoms with van der Waals surface area (Å²) in [5.74, 6) is 1.58. The number of hydrogen-bond acceptors (Lipinski definition) is 4. The van der Waals surface area contributed by atoms with Gasteiger partial charge in [-0.3, -0.25) is 0 Å². The number of aliphatic hydroxyl groups is 1. The fraction of sp³-hybridized carbons (Fsp3) is 0.357. The number of unbranched alkanes of at least 4 members (excludes halogenated alkanes) is 3. The van der Waals surface area contributed by atoms with Crippen LogP contribution in [0.1, 0.15) is 42.4 Å². The lowest BCUT2D eigenvalue weighted by molar-refractivity contribution is 0.255. The summed E-state index contributed by atoms with van der Waals surface area (Å²) in [6.07, 6.45) is 5.74. The third kappa shape index (κ3) is 8.74. The summed E-state index contributed by atoms with van der Waals surface area (Å²) in [5, 5.41) is 12.0. The standard InChI is InChI=1S/C28H35NO3/c30-20-19-29-18-10-2-1-5-11-24-16-17-27(31-22-25-12-6-3-7-13-25)28(21-24)32-23-26-14-8-4-9-15-26/h3-4,6-9,12-17,21,29-30H,1-2,5,10-11,18-20,22-23H2. The monoisotopic (exact) mass is 433 g/mol. The summed E-state index contributed by atoms with van der Waals surface area (Å²) in [5.41, 5.74) is 3.55. The van der Waals surface area contributed by atoms with Crippen LogP contribution in [-0.2, 0) is 19.6 Å². The zero-order chi connectivity index (χ0) is 22.3. The van der Waals surface area contributed by atoms with Gasteiger partial charge in [-0.05, 0) is 54.6 Å². The molecule has 0 atom stereocenters. The van der Waals surface area contributed by atoms with Gasteiger partial charge in [0.1, 0.15) is 13.2 Å². The van der Waals surface area contributed by atoms with Crippen molar-refractivity contribution in [3.8, 4) is 11.5 Å². The lowest BCUT2D eigenvalue weighted by atomic mass is 10.1. The van der Waals surface area contributed by atoms with Gasteiger partial charge >= 0.3 is 0 Å². The van der Waals surface area contributed by atoms with E-state index in [1.807, 2.05) is 42.5 Å². The molecule has 2 N–H and O–H groups in total. The Labute approximate surface area is 192 Å². The molecule has 3 aromatic rings. The van der Waals surface area contributed by atoms with Crippen molar-refractivity contribution in [2.75, 3.05) is 19.7 Å². The van der Waals surface area contributed by atoms with E-state index in [0.717, 1.165) is 48.4 Å². The first-order valence-electron chi connectivity index (χ1n) is 11.6. The topological polar surface area (TPSA) is 50.7 Å². The van der Waals surface area contributed by atoms with Gasteiger partial charge in [-0.25, -0.2) is 0 Å². The molecule has 3 aromatic carbocycles. The number of aryl methyl sites for hydroxylation is 1. The minimum atomic E-state index is 0.208. The highest BCUT2D eigenvalue weighted by Gasteiger charge is 2.08. The van der Waals surface area contributed by atoms with E-state index in [2.05, 4.69) is 41.7 Å². The lowest BCUT2D eigenvalue weighted by Crippen LogP contribution is -2.19. The number of rotatable bonds is 15. The first-order valence-corrected chi connectivity index (χ1v) is 11.6. The third-order valence-corrected chi connectivity index (χ3v) is 5.34. The average molecular weight is 434 g/mol. The largest absolute Gasteiger partial charge is 0.485 e. The quantitative estimate of drug-likeness (QED) is 0.310. The summed E-state index contributed by atoms with van der Waals surface area (Å²) in [7, 11) is 0. The molecule has 0 fully saturated rings. The van der Waals surface area contributed by atoms with Crippen molar-refractivity contribution in [2.24, 2.45) is 0 Å². The predicted molar refractivity (Wildman–Crippen MR) is 130 cm³/mol. The van der Waals surface area contributed by atoms with Crippen molar-refractivity contribution in [1.29, 1.82) is 0 Å². The molecule has 0 bridgehead atoms. The van der Waals surface area contributed by atoms with Crippen molar-refractivity contribution in [3.63, 3.8) is 0 Å². The van der Waals surface area contributed by atoms with E-state index < -0.39 is 0 Å². The molecule has 0 amide bonds. The summed E-state index contributed by atoms with van der Waals surface area (Å²) in [4.78, 5) is 0. The highest BCUT2D eigenvalue weighted by Crippen LogP contribution is 2.30. The maximum absolute atomic E-state index is 8.79. The Morgan fingerprint density at radius 3 is 1.88 bits per heavy atom. The Morgan fingerprint density at radius 2 is 1.22 bits per heavy atom. The molecule has 4 nitrogen and oxygen atoms in total. The van der Waals surface area contributed by atoms with Crippen LogP contribution in [0.2, 0.25) is 0 Å². The molecule has 0 spiro atoms. The number of aliphatic hydroxyl groups excluding tert-OH is 1. The summed E-state index contributed by atoms with van der Waals surface area (Å²) >= 11 is 0. The first-order chi connectivity index (χ1) is 15.8.